The molecule has 0 heterocycles. The largest absolute Gasteiger partial charge is 0.0738 e. The molecule has 0 N–H and O–H groups in total. The Morgan fingerprint density at radius 3 is 2.12 bits per heavy atom. The first-order valence-electron chi connectivity index (χ1n) is 7.32. The third-order valence-corrected chi connectivity index (χ3v) is 5.63. The first kappa shape index (κ1) is 13.5. The molecule has 0 nitrogen and oxygen atoms in total. The van der Waals surface area contributed by atoms with Gasteiger partial charge < -0.3 is 0 Å². The van der Waals surface area contributed by atoms with Crippen LogP contribution < -0.4 is 0 Å². The van der Waals surface area contributed by atoms with Crippen molar-refractivity contribution in [1.29, 1.82) is 0 Å². The second kappa shape index (κ2) is 3.78. The van der Waals surface area contributed by atoms with Crippen molar-refractivity contribution in [3.05, 3.63) is 0 Å². The molecule has 0 aromatic rings. The first-order valence-corrected chi connectivity index (χ1v) is 7.32. The molecular formula is C16H29B. The molecule has 0 aromatic carbocycles. The average Bonchev–Trinajstić information content (AvgIpc) is 2.54. The van der Waals surface area contributed by atoms with E-state index in [2.05, 4.69) is 41.5 Å². The predicted octanol–water partition coefficient (Wildman–Crippen LogP) is 4.84. The topological polar surface area (TPSA) is 0 Å². The van der Waals surface area contributed by atoms with E-state index in [1.54, 1.807) is 0 Å². The molecule has 2 fully saturated rings. The fraction of sp³-hybridized carbons (Fsp3) is 1.00. The van der Waals surface area contributed by atoms with Crippen LogP contribution in [0.3, 0.4) is 0 Å². The maximum absolute atomic E-state index is 6.41. The van der Waals surface area contributed by atoms with Gasteiger partial charge in [0.15, 0.2) is 0 Å². The van der Waals surface area contributed by atoms with Crippen molar-refractivity contribution in [1.82, 2.24) is 0 Å². The van der Waals surface area contributed by atoms with Crippen LogP contribution in [0.1, 0.15) is 67.2 Å². The van der Waals surface area contributed by atoms with Gasteiger partial charge in [0.05, 0.1) is 7.85 Å². The number of hydrogen-bond donors (Lipinski definition) is 0. The number of rotatable bonds is 1. The van der Waals surface area contributed by atoms with E-state index in [9.17, 15) is 0 Å². The molecule has 0 aromatic heterocycles. The molecule has 2 aliphatic carbocycles. The van der Waals surface area contributed by atoms with Gasteiger partial charge in [0, 0.05) is 0 Å². The fourth-order valence-electron chi connectivity index (χ4n) is 4.80. The Bertz CT molecular complexity index is 294. The highest BCUT2D eigenvalue weighted by atomic mass is 14.6. The van der Waals surface area contributed by atoms with Crippen molar-refractivity contribution >= 4 is 7.85 Å². The molecule has 4 atom stereocenters. The minimum atomic E-state index is 0.409. The van der Waals surface area contributed by atoms with Crippen molar-refractivity contribution in [3.63, 3.8) is 0 Å². The minimum absolute atomic E-state index is 0.409. The average molecular weight is 232 g/mol. The predicted molar refractivity (Wildman–Crippen MR) is 76.3 cm³/mol. The first-order chi connectivity index (χ1) is 7.57. The van der Waals surface area contributed by atoms with Crippen LogP contribution in [0.5, 0.6) is 0 Å². The van der Waals surface area contributed by atoms with E-state index in [1.165, 1.54) is 25.7 Å². The maximum Gasteiger partial charge on any atom is 0.0703 e. The molecule has 2 rings (SSSR count). The summed E-state index contributed by atoms with van der Waals surface area (Å²) >= 11 is 0. The summed E-state index contributed by atoms with van der Waals surface area (Å²) in [6.07, 6.45) is 5.40. The second-order valence-corrected chi connectivity index (χ2v) is 8.85. The molecule has 1 unspecified atom stereocenters. The van der Waals surface area contributed by atoms with Crippen LogP contribution in [0.15, 0.2) is 0 Å². The van der Waals surface area contributed by atoms with Crippen molar-refractivity contribution in [2.45, 2.75) is 73.0 Å². The zero-order valence-electron chi connectivity index (χ0n) is 12.6. The lowest BCUT2D eigenvalue weighted by atomic mass is 9.58. The van der Waals surface area contributed by atoms with E-state index in [4.69, 9.17) is 7.85 Å². The Morgan fingerprint density at radius 2 is 1.71 bits per heavy atom. The summed E-state index contributed by atoms with van der Waals surface area (Å²) in [5.74, 6) is 2.13. The lowest BCUT2D eigenvalue weighted by molar-refractivity contribution is 0.0331. The van der Waals surface area contributed by atoms with Gasteiger partial charge in [0.2, 0.25) is 0 Å². The van der Waals surface area contributed by atoms with Gasteiger partial charge >= 0.3 is 0 Å². The summed E-state index contributed by atoms with van der Waals surface area (Å²) in [7, 11) is 6.41. The highest BCUT2D eigenvalue weighted by Gasteiger charge is 2.60. The third kappa shape index (κ3) is 2.08. The van der Waals surface area contributed by atoms with Crippen molar-refractivity contribution in [2.24, 2.45) is 28.1 Å². The van der Waals surface area contributed by atoms with Gasteiger partial charge in [-0.15, -0.1) is 0 Å². The molecule has 0 amide bonds. The second-order valence-electron chi connectivity index (χ2n) is 8.85. The van der Waals surface area contributed by atoms with Gasteiger partial charge in [-0.25, -0.2) is 0 Å². The molecule has 0 spiro atoms. The fourth-order valence-corrected chi connectivity index (χ4v) is 4.80. The van der Waals surface area contributed by atoms with Gasteiger partial charge in [-0.1, -0.05) is 60.2 Å². The Labute approximate surface area is 109 Å². The molecule has 0 saturated heterocycles. The van der Waals surface area contributed by atoms with Crippen LogP contribution in [0, 0.1) is 28.1 Å². The van der Waals surface area contributed by atoms with Crippen LogP contribution in [0.2, 0.25) is 5.82 Å². The third-order valence-electron chi connectivity index (χ3n) is 5.63. The van der Waals surface area contributed by atoms with Gasteiger partial charge in [-0.05, 0) is 40.9 Å². The Hall–Kier alpha value is 0.0649. The monoisotopic (exact) mass is 232 g/mol. The Morgan fingerprint density at radius 1 is 1.12 bits per heavy atom. The molecule has 17 heavy (non-hydrogen) atoms. The molecular weight excluding hydrogens is 203 g/mol. The summed E-state index contributed by atoms with van der Waals surface area (Å²) in [6.45, 7) is 14.4. The summed E-state index contributed by atoms with van der Waals surface area (Å²) in [6, 6.07) is 0. The van der Waals surface area contributed by atoms with Crippen LogP contribution >= 0.6 is 0 Å². The van der Waals surface area contributed by atoms with Crippen molar-refractivity contribution in [2.75, 3.05) is 0 Å². The van der Waals surface area contributed by atoms with E-state index in [1.807, 2.05) is 0 Å². The lowest BCUT2D eigenvalue weighted by Gasteiger charge is -2.46. The van der Waals surface area contributed by atoms with Crippen molar-refractivity contribution in [3.8, 4) is 0 Å². The molecule has 2 radical (unpaired) electrons. The molecule has 96 valence electrons. The van der Waals surface area contributed by atoms with Gasteiger partial charge in [-0.3, -0.25) is 0 Å². The highest BCUT2D eigenvalue weighted by molar-refractivity contribution is 6.12. The maximum atomic E-state index is 6.41. The van der Waals surface area contributed by atoms with E-state index < -0.39 is 0 Å². The Balaban J connectivity index is 2.30. The van der Waals surface area contributed by atoms with E-state index in [0.29, 0.717) is 22.1 Å². The number of fused-ring (bicyclic) bond motifs is 2. The van der Waals surface area contributed by atoms with Gasteiger partial charge in [0.25, 0.3) is 0 Å². The van der Waals surface area contributed by atoms with Gasteiger partial charge in [0.1, 0.15) is 0 Å². The summed E-state index contributed by atoms with van der Waals surface area (Å²) < 4.78 is 0. The normalized spacial score (nSPS) is 42.1. The summed E-state index contributed by atoms with van der Waals surface area (Å²) in [4.78, 5) is 0. The lowest BCUT2D eigenvalue weighted by Crippen LogP contribution is -2.38. The van der Waals surface area contributed by atoms with Crippen LogP contribution in [-0.2, 0) is 0 Å². The number of hydrogen-bond acceptors (Lipinski definition) is 0. The molecule has 1 heteroatoms. The zero-order chi connectivity index (χ0) is 13.1. The SMILES string of the molecule is [B][C@@H]1C[C@@]2(C(C)(C)C)CCC1[C@H]2CC(C)(C)C. The molecule has 2 saturated carbocycles. The van der Waals surface area contributed by atoms with Crippen LogP contribution in [-0.4, -0.2) is 7.85 Å². The standard InChI is InChI=1S/C16H29B/c1-14(2,3)9-12-11-7-8-16(12,10-13(11)17)15(4,5)6/h11-13H,7-10H2,1-6H3/t11?,12-,13-,16+/m1/s1. The van der Waals surface area contributed by atoms with E-state index in [0.717, 1.165) is 11.8 Å². The molecule has 0 aliphatic heterocycles. The molecule has 2 bridgehead atoms. The summed E-state index contributed by atoms with van der Waals surface area (Å²) in [5.41, 5.74) is 1.37. The van der Waals surface area contributed by atoms with Gasteiger partial charge in [-0.2, -0.15) is 0 Å². The van der Waals surface area contributed by atoms with Crippen molar-refractivity contribution < 1.29 is 0 Å². The smallest absolute Gasteiger partial charge is 0.0703 e. The van der Waals surface area contributed by atoms with E-state index in [-0.39, 0.29) is 0 Å². The molecule has 2 aliphatic rings. The zero-order valence-corrected chi connectivity index (χ0v) is 12.6. The van der Waals surface area contributed by atoms with E-state index >= 15 is 0 Å². The van der Waals surface area contributed by atoms with Crippen LogP contribution in [0.4, 0.5) is 0 Å². The Kier molecular flexibility index (Phi) is 3.00. The summed E-state index contributed by atoms with van der Waals surface area (Å²) in [5, 5.41) is 0. The highest BCUT2D eigenvalue weighted by Crippen LogP contribution is 2.70. The minimum Gasteiger partial charge on any atom is -0.0738 e. The quantitative estimate of drug-likeness (QED) is 0.567. The van der Waals surface area contributed by atoms with Crippen LogP contribution in [0.25, 0.3) is 0 Å².